The van der Waals surface area contributed by atoms with Gasteiger partial charge in [0.05, 0.1) is 0 Å². The fourth-order valence-corrected chi connectivity index (χ4v) is 9.20. The van der Waals surface area contributed by atoms with E-state index in [2.05, 4.69) is 69.4 Å². The Morgan fingerprint density at radius 2 is 0.549 bits per heavy atom. The van der Waals surface area contributed by atoms with Crippen LogP contribution >= 0.6 is 0 Å². The van der Waals surface area contributed by atoms with Crippen molar-refractivity contribution in [3.05, 3.63) is 48.6 Å². The molecule has 71 heavy (non-hydrogen) atoms. The molecule has 0 spiro atoms. The van der Waals surface area contributed by atoms with Gasteiger partial charge in [0, 0.05) is 19.3 Å². The molecule has 0 heterocycles. The van der Waals surface area contributed by atoms with Gasteiger partial charge in [-0.05, 0) is 57.8 Å². The molecule has 0 aliphatic rings. The highest BCUT2D eigenvalue weighted by Crippen LogP contribution is 2.17. The first-order valence-corrected chi connectivity index (χ1v) is 31.1. The third-order valence-electron chi connectivity index (χ3n) is 13.8. The lowest BCUT2D eigenvalue weighted by Gasteiger charge is -2.18. The van der Waals surface area contributed by atoms with Crippen LogP contribution in [0.4, 0.5) is 0 Å². The highest BCUT2D eigenvalue weighted by Gasteiger charge is 2.19. The Balaban J connectivity index is 4.09. The minimum absolute atomic E-state index is 0.0667. The molecule has 0 rings (SSSR count). The van der Waals surface area contributed by atoms with Crippen molar-refractivity contribution in [1.29, 1.82) is 0 Å². The minimum Gasteiger partial charge on any atom is -0.462 e. The topological polar surface area (TPSA) is 78.9 Å². The van der Waals surface area contributed by atoms with E-state index in [1.165, 1.54) is 205 Å². The third-order valence-corrected chi connectivity index (χ3v) is 13.8. The Morgan fingerprint density at radius 3 is 0.859 bits per heavy atom. The lowest BCUT2D eigenvalue weighted by molar-refractivity contribution is -0.167. The van der Waals surface area contributed by atoms with Gasteiger partial charge < -0.3 is 14.2 Å². The van der Waals surface area contributed by atoms with E-state index in [0.717, 1.165) is 83.5 Å². The maximum Gasteiger partial charge on any atom is 0.306 e. The second kappa shape index (κ2) is 59.9. The molecule has 0 N–H and O–H groups in total. The maximum atomic E-state index is 12.8. The van der Waals surface area contributed by atoms with Crippen LogP contribution < -0.4 is 0 Å². The van der Waals surface area contributed by atoms with Crippen molar-refractivity contribution in [3.63, 3.8) is 0 Å². The second-order valence-corrected chi connectivity index (χ2v) is 21.0. The van der Waals surface area contributed by atoms with Crippen LogP contribution in [0, 0.1) is 0 Å². The number of rotatable bonds is 57. The van der Waals surface area contributed by atoms with E-state index in [-0.39, 0.29) is 31.1 Å². The molecule has 0 aromatic heterocycles. The van der Waals surface area contributed by atoms with Crippen LogP contribution in [0.3, 0.4) is 0 Å². The summed E-state index contributed by atoms with van der Waals surface area (Å²) in [6, 6.07) is 0. The summed E-state index contributed by atoms with van der Waals surface area (Å²) in [5.74, 6) is -0.849. The molecule has 1 unspecified atom stereocenters. The lowest BCUT2D eigenvalue weighted by Crippen LogP contribution is -2.30. The average Bonchev–Trinajstić information content (AvgIpc) is 3.37. The molecule has 6 nitrogen and oxygen atoms in total. The Labute approximate surface area is 441 Å². The molecule has 0 amide bonds. The van der Waals surface area contributed by atoms with Crippen molar-refractivity contribution in [1.82, 2.24) is 0 Å². The van der Waals surface area contributed by atoms with Crippen LogP contribution in [0.5, 0.6) is 0 Å². The Kier molecular flexibility index (Phi) is 57.7. The van der Waals surface area contributed by atoms with Gasteiger partial charge in [-0.15, -0.1) is 0 Å². The normalized spacial score (nSPS) is 12.3. The van der Waals surface area contributed by atoms with Gasteiger partial charge in [-0.2, -0.15) is 0 Å². The van der Waals surface area contributed by atoms with Crippen LogP contribution in [0.25, 0.3) is 0 Å². The summed E-state index contributed by atoms with van der Waals surface area (Å²) in [4.78, 5) is 38.1. The highest BCUT2D eigenvalue weighted by atomic mass is 16.6. The van der Waals surface area contributed by atoms with E-state index in [0.29, 0.717) is 19.3 Å². The molecule has 0 saturated heterocycles. The Bertz CT molecular complexity index is 1230. The molecular formula is C65H118O6. The number of esters is 3. The van der Waals surface area contributed by atoms with Crippen LogP contribution in [0.15, 0.2) is 48.6 Å². The van der Waals surface area contributed by atoms with Gasteiger partial charge in [0.15, 0.2) is 6.10 Å². The van der Waals surface area contributed by atoms with Crippen molar-refractivity contribution in [2.75, 3.05) is 13.2 Å². The number of hydrogen-bond donors (Lipinski definition) is 0. The van der Waals surface area contributed by atoms with Crippen LogP contribution in [-0.4, -0.2) is 37.2 Å². The third kappa shape index (κ3) is 58.1. The van der Waals surface area contributed by atoms with Gasteiger partial charge in [0.1, 0.15) is 13.2 Å². The molecular weight excluding hydrogens is 877 g/mol. The number of carbonyl (C=O) groups is 3. The molecule has 0 aromatic rings. The number of unbranched alkanes of at least 4 members (excludes halogenated alkanes) is 38. The number of carbonyl (C=O) groups excluding carboxylic acids is 3. The molecule has 0 radical (unpaired) electrons. The van der Waals surface area contributed by atoms with E-state index in [1.54, 1.807) is 0 Å². The SMILES string of the molecule is CC/C=C\C/C=C\C/C=C\C/C=C\CCCCCCCCCCCCCCCCCCC(=O)OCC(COC(=O)CCCCCCCCCCC)OC(=O)CCCCCCCCCCCCCCCCC. The first-order valence-electron chi connectivity index (χ1n) is 31.1. The smallest absolute Gasteiger partial charge is 0.306 e. The fourth-order valence-electron chi connectivity index (χ4n) is 9.20. The molecule has 1 atom stereocenters. The summed E-state index contributed by atoms with van der Waals surface area (Å²) in [5, 5.41) is 0. The maximum absolute atomic E-state index is 12.8. The summed E-state index contributed by atoms with van der Waals surface area (Å²) in [7, 11) is 0. The van der Waals surface area contributed by atoms with Crippen molar-refractivity contribution in [3.8, 4) is 0 Å². The average molecular weight is 996 g/mol. The molecule has 6 heteroatoms. The van der Waals surface area contributed by atoms with E-state index >= 15 is 0 Å². The quantitative estimate of drug-likeness (QED) is 0.0261. The van der Waals surface area contributed by atoms with Gasteiger partial charge in [-0.25, -0.2) is 0 Å². The second-order valence-electron chi connectivity index (χ2n) is 21.0. The van der Waals surface area contributed by atoms with Crippen LogP contribution in [0.2, 0.25) is 0 Å². The molecule has 0 saturated carbocycles. The molecule has 0 aliphatic carbocycles. The minimum atomic E-state index is -0.766. The van der Waals surface area contributed by atoms with Gasteiger partial charge in [-0.3, -0.25) is 14.4 Å². The van der Waals surface area contributed by atoms with Crippen molar-refractivity contribution in [2.45, 2.75) is 335 Å². The lowest BCUT2D eigenvalue weighted by atomic mass is 10.0. The zero-order valence-corrected chi connectivity index (χ0v) is 47.5. The van der Waals surface area contributed by atoms with E-state index in [4.69, 9.17) is 14.2 Å². The van der Waals surface area contributed by atoms with Gasteiger partial charge in [0.2, 0.25) is 0 Å². The fraction of sp³-hybridized carbons (Fsp3) is 0.831. The molecule has 0 aliphatic heterocycles. The van der Waals surface area contributed by atoms with Crippen molar-refractivity contribution in [2.24, 2.45) is 0 Å². The Hall–Kier alpha value is -2.63. The van der Waals surface area contributed by atoms with Gasteiger partial charge in [0.25, 0.3) is 0 Å². The molecule has 0 fully saturated rings. The van der Waals surface area contributed by atoms with Gasteiger partial charge >= 0.3 is 17.9 Å². The number of hydrogen-bond acceptors (Lipinski definition) is 6. The van der Waals surface area contributed by atoms with Crippen molar-refractivity contribution >= 4 is 17.9 Å². The number of ether oxygens (including phenoxy) is 3. The largest absolute Gasteiger partial charge is 0.462 e. The summed E-state index contributed by atoms with van der Waals surface area (Å²) in [5.41, 5.74) is 0. The summed E-state index contributed by atoms with van der Waals surface area (Å²) in [6.45, 7) is 6.55. The zero-order chi connectivity index (χ0) is 51.4. The summed E-state index contributed by atoms with van der Waals surface area (Å²) in [6.07, 6.45) is 74.2. The Morgan fingerprint density at radius 1 is 0.296 bits per heavy atom. The van der Waals surface area contributed by atoms with E-state index in [1.807, 2.05) is 0 Å². The monoisotopic (exact) mass is 995 g/mol. The van der Waals surface area contributed by atoms with Crippen LogP contribution in [0.1, 0.15) is 329 Å². The molecule has 0 aromatic carbocycles. The van der Waals surface area contributed by atoms with E-state index < -0.39 is 6.10 Å². The first kappa shape index (κ1) is 68.4. The molecule has 0 bridgehead atoms. The molecule has 414 valence electrons. The van der Waals surface area contributed by atoms with Crippen molar-refractivity contribution < 1.29 is 28.6 Å². The predicted octanol–water partition coefficient (Wildman–Crippen LogP) is 21.0. The zero-order valence-electron chi connectivity index (χ0n) is 47.5. The van der Waals surface area contributed by atoms with E-state index in [9.17, 15) is 14.4 Å². The van der Waals surface area contributed by atoms with Crippen LogP contribution in [-0.2, 0) is 28.6 Å². The standard InChI is InChI=1S/C65H118O6/c1-4-7-10-13-16-19-21-23-25-26-27-28-29-30-31-32-33-34-35-36-37-38-40-41-43-46-49-52-55-58-64(67)70-61-62(60-69-63(66)57-54-51-48-45-18-15-12-9-6-3)71-65(68)59-56-53-50-47-44-42-39-24-22-20-17-14-11-8-5-2/h7,10,16,19,23,25,27-28,62H,4-6,8-9,11-15,17-18,20-22,24,26,29-61H2,1-3H3/b10-7-,19-16-,25-23-,28-27-. The highest BCUT2D eigenvalue weighted by molar-refractivity contribution is 5.71. The predicted molar refractivity (Wildman–Crippen MR) is 307 cm³/mol. The summed E-state index contributed by atoms with van der Waals surface area (Å²) >= 11 is 0. The number of allylic oxidation sites excluding steroid dienone is 8. The van der Waals surface area contributed by atoms with Gasteiger partial charge in [-0.1, -0.05) is 301 Å². The summed E-state index contributed by atoms with van der Waals surface area (Å²) < 4.78 is 16.9. The first-order chi connectivity index (χ1) is 35.0.